The molecule has 0 radical (unpaired) electrons. The summed E-state index contributed by atoms with van der Waals surface area (Å²) in [5.74, 6) is -2.86. The number of hydrogen-bond donors (Lipinski definition) is 1. The van der Waals surface area contributed by atoms with Gasteiger partial charge < -0.3 is 24.4 Å². The van der Waals surface area contributed by atoms with Crippen LogP contribution in [-0.4, -0.2) is 71.3 Å². The van der Waals surface area contributed by atoms with Crippen LogP contribution in [0.3, 0.4) is 0 Å². The number of likely N-dealkylation sites (tertiary alicyclic amines) is 1. The standard InChI is InChI=1S/C28H33ClN2O6/c1-3-27-12-4-7-17-36-26(35)21(27)20-24(33)31(14-5-6-16-32)23-25(34)30(15-9-13-28(20,23)37-27)22-18(2)10-8-11-19(22)29/h4,8-13,20-21,23,32H,3,5-7,14-17H2,1-2H3/t20-,21+,23?,27-,28-/m0/s1. The Balaban J connectivity index is 1.66. The van der Waals surface area contributed by atoms with Crippen LogP contribution < -0.4 is 4.90 Å². The van der Waals surface area contributed by atoms with Gasteiger partial charge in [-0.1, -0.05) is 55.0 Å². The summed E-state index contributed by atoms with van der Waals surface area (Å²) in [4.78, 5) is 45.2. The highest BCUT2D eigenvalue weighted by Crippen LogP contribution is 2.58. The van der Waals surface area contributed by atoms with Crippen molar-refractivity contribution in [3.05, 3.63) is 53.1 Å². The van der Waals surface area contributed by atoms with E-state index in [0.29, 0.717) is 36.4 Å². The molecule has 2 saturated heterocycles. The number of nitrogens with zero attached hydrogens (tertiary/aromatic N) is 2. The maximum Gasteiger partial charge on any atom is 0.313 e. The molecule has 37 heavy (non-hydrogen) atoms. The molecule has 1 aromatic rings. The van der Waals surface area contributed by atoms with Crippen molar-refractivity contribution in [1.82, 2.24) is 4.90 Å². The van der Waals surface area contributed by atoms with E-state index in [1.54, 1.807) is 15.9 Å². The van der Waals surface area contributed by atoms with Crippen LogP contribution in [0, 0.1) is 18.8 Å². The Kier molecular flexibility index (Phi) is 6.94. The molecule has 2 amide bonds. The number of cyclic esters (lactones) is 1. The van der Waals surface area contributed by atoms with Gasteiger partial charge in [0.2, 0.25) is 5.91 Å². The van der Waals surface area contributed by atoms with Crippen LogP contribution in [0.1, 0.15) is 38.2 Å². The molecule has 1 spiro atoms. The highest BCUT2D eigenvalue weighted by atomic mass is 35.5. The van der Waals surface area contributed by atoms with Crippen molar-refractivity contribution in [2.45, 2.75) is 56.8 Å². The first-order valence-corrected chi connectivity index (χ1v) is 13.4. The molecule has 4 heterocycles. The molecule has 0 aliphatic carbocycles. The molecule has 4 aliphatic rings. The molecule has 1 N–H and O–H groups in total. The zero-order valence-electron chi connectivity index (χ0n) is 21.2. The van der Waals surface area contributed by atoms with Gasteiger partial charge in [0.15, 0.2) is 0 Å². The molecule has 5 atom stereocenters. The first kappa shape index (κ1) is 25.9. The number of unbranched alkanes of at least 4 members (excludes halogenated alkanes) is 1. The number of anilines is 1. The first-order valence-electron chi connectivity index (χ1n) is 13.0. The lowest BCUT2D eigenvalue weighted by Crippen LogP contribution is -2.56. The Morgan fingerprint density at radius 2 is 1.92 bits per heavy atom. The quantitative estimate of drug-likeness (QED) is 0.346. The Morgan fingerprint density at radius 1 is 1.11 bits per heavy atom. The maximum absolute atomic E-state index is 14.4. The Hall–Kier alpha value is -2.68. The van der Waals surface area contributed by atoms with Gasteiger partial charge in [-0.3, -0.25) is 14.4 Å². The van der Waals surface area contributed by atoms with Crippen LogP contribution in [0.4, 0.5) is 5.69 Å². The minimum Gasteiger partial charge on any atom is -0.465 e. The van der Waals surface area contributed by atoms with E-state index in [-0.39, 0.29) is 38.1 Å². The number of carbonyl (C=O) groups excluding carboxylic acids is 3. The fraction of sp³-hybridized carbons (Fsp3) is 0.536. The van der Waals surface area contributed by atoms with Gasteiger partial charge in [-0.25, -0.2) is 0 Å². The highest BCUT2D eigenvalue weighted by Gasteiger charge is 2.75. The summed E-state index contributed by atoms with van der Waals surface area (Å²) in [6, 6.07) is 4.47. The molecular formula is C28H33ClN2O6. The number of halogens is 1. The van der Waals surface area contributed by atoms with Crippen molar-refractivity contribution in [3.8, 4) is 0 Å². The van der Waals surface area contributed by atoms with Crippen LogP contribution in [0.15, 0.2) is 42.5 Å². The van der Waals surface area contributed by atoms with E-state index in [0.717, 1.165) is 5.56 Å². The minimum atomic E-state index is -1.34. The van der Waals surface area contributed by atoms with Gasteiger partial charge in [0.05, 0.1) is 23.2 Å². The van der Waals surface area contributed by atoms with Crippen molar-refractivity contribution >= 4 is 35.1 Å². The highest BCUT2D eigenvalue weighted by molar-refractivity contribution is 6.34. The molecule has 0 aromatic heterocycles. The number of para-hydroxylation sites is 1. The van der Waals surface area contributed by atoms with E-state index in [9.17, 15) is 19.5 Å². The third-order valence-corrected chi connectivity index (χ3v) is 8.47. The number of ether oxygens (including phenoxy) is 2. The monoisotopic (exact) mass is 528 g/mol. The fourth-order valence-corrected chi connectivity index (χ4v) is 6.85. The van der Waals surface area contributed by atoms with Crippen molar-refractivity contribution in [3.63, 3.8) is 0 Å². The molecule has 1 aromatic carbocycles. The Labute approximate surface area is 221 Å². The van der Waals surface area contributed by atoms with Crippen molar-refractivity contribution in [1.29, 1.82) is 0 Å². The van der Waals surface area contributed by atoms with Crippen molar-refractivity contribution in [2.24, 2.45) is 11.8 Å². The van der Waals surface area contributed by atoms with Crippen molar-refractivity contribution < 1.29 is 29.0 Å². The molecule has 0 bridgehead atoms. The Bertz CT molecular complexity index is 1150. The van der Waals surface area contributed by atoms with E-state index in [2.05, 4.69) is 0 Å². The van der Waals surface area contributed by atoms with Crippen LogP contribution >= 0.6 is 11.6 Å². The summed E-state index contributed by atoms with van der Waals surface area (Å²) in [6.45, 7) is 4.54. The lowest BCUT2D eigenvalue weighted by Gasteiger charge is -2.39. The number of rotatable bonds is 6. The smallest absolute Gasteiger partial charge is 0.313 e. The van der Waals surface area contributed by atoms with Crippen LogP contribution in [-0.2, 0) is 23.9 Å². The second-order valence-electron chi connectivity index (χ2n) is 10.2. The second kappa shape index (κ2) is 9.89. The number of benzene rings is 1. The van der Waals surface area contributed by atoms with E-state index in [1.807, 2.05) is 50.3 Å². The van der Waals surface area contributed by atoms with Gasteiger partial charge in [0.25, 0.3) is 5.91 Å². The summed E-state index contributed by atoms with van der Waals surface area (Å²) in [7, 11) is 0. The van der Waals surface area contributed by atoms with Gasteiger partial charge >= 0.3 is 5.97 Å². The van der Waals surface area contributed by atoms with E-state index < -0.39 is 35.0 Å². The molecule has 198 valence electrons. The third-order valence-electron chi connectivity index (χ3n) is 8.17. The number of fused-ring (bicyclic) bond motifs is 2. The number of carbonyl (C=O) groups is 3. The van der Waals surface area contributed by atoms with Gasteiger partial charge in [0, 0.05) is 19.7 Å². The largest absolute Gasteiger partial charge is 0.465 e. The predicted octanol–water partition coefficient (Wildman–Crippen LogP) is 3.19. The third kappa shape index (κ3) is 3.92. The predicted molar refractivity (Wildman–Crippen MR) is 138 cm³/mol. The second-order valence-corrected chi connectivity index (χ2v) is 10.6. The molecule has 8 nitrogen and oxygen atoms in total. The molecule has 9 heteroatoms. The summed E-state index contributed by atoms with van der Waals surface area (Å²) < 4.78 is 12.4. The van der Waals surface area contributed by atoms with E-state index >= 15 is 0 Å². The average molecular weight is 529 g/mol. The zero-order valence-corrected chi connectivity index (χ0v) is 21.9. The zero-order chi connectivity index (χ0) is 26.4. The van der Waals surface area contributed by atoms with Gasteiger partial charge in [-0.2, -0.15) is 0 Å². The molecule has 2 fully saturated rings. The molecule has 5 rings (SSSR count). The van der Waals surface area contributed by atoms with Gasteiger partial charge in [-0.05, 0) is 44.2 Å². The summed E-state index contributed by atoms with van der Waals surface area (Å²) in [5.41, 5.74) is -0.974. The van der Waals surface area contributed by atoms with Crippen LogP contribution in [0.2, 0.25) is 5.02 Å². The number of esters is 1. The first-order chi connectivity index (χ1) is 17.8. The minimum absolute atomic E-state index is 0.0186. The molecular weight excluding hydrogens is 496 g/mol. The Morgan fingerprint density at radius 3 is 2.65 bits per heavy atom. The topological polar surface area (TPSA) is 96.4 Å². The molecule has 1 unspecified atom stereocenters. The molecule has 4 aliphatic heterocycles. The number of amides is 2. The van der Waals surface area contributed by atoms with E-state index in [1.165, 1.54) is 0 Å². The SMILES string of the molecule is CC[C@]12C=CCCOC(=O)[C@H]1[C@H]1C(=O)N(CCCCO)C3C(=O)N(c4c(C)cccc4Cl)CC=C[C@@]31O2. The number of aryl methyl sites for hydroxylation is 1. The number of hydrogen-bond acceptors (Lipinski definition) is 6. The number of aliphatic hydroxyl groups excluding tert-OH is 1. The fourth-order valence-electron chi connectivity index (χ4n) is 6.53. The lowest BCUT2D eigenvalue weighted by molar-refractivity contribution is -0.160. The normalized spacial score (nSPS) is 33.0. The summed E-state index contributed by atoms with van der Waals surface area (Å²) in [6.07, 6.45) is 9.49. The van der Waals surface area contributed by atoms with Crippen LogP contribution in [0.25, 0.3) is 0 Å². The number of aliphatic hydroxyl groups is 1. The van der Waals surface area contributed by atoms with Gasteiger partial charge in [-0.15, -0.1) is 0 Å². The van der Waals surface area contributed by atoms with Crippen molar-refractivity contribution in [2.75, 3.05) is 31.2 Å². The maximum atomic E-state index is 14.4. The van der Waals surface area contributed by atoms with Gasteiger partial charge in [0.1, 0.15) is 23.2 Å². The average Bonchev–Trinajstić information content (AvgIpc) is 3.21. The molecule has 0 saturated carbocycles. The lowest BCUT2D eigenvalue weighted by atomic mass is 9.73. The van der Waals surface area contributed by atoms with E-state index in [4.69, 9.17) is 21.1 Å². The summed E-state index contributed by atoms with van der Waals surface area (Å²) in [5, 5.41) is 9.80. The summed E-state index contributed by atoms with van der Waals surface area (Å²) >= 11 is 6.57. The van der Waals surface area contributed by atoms with Crippen LogP contribution in [0.5, 0.6) is 0 Å².